The molecule has 0 amide bonds. The zero-order valence-electron chi connectivity index (χ0n) is 8.53. The standard InChI is InChI=1S/C12H17NS/c1-9(2)12(13)7-10-3-5-11(8-14)6-4-10/h3-6,12,14H,1,7-8,13H2,2H3. The number of benzene rings is 1. The molecular weight excluding hydrogens is 190 g/mol. The molecule has 0 heterocycles. The molecule has 76 valence electrons. The smallest absolute Gasteiger partial charge is 0.0289 e. The molecule has 0 radical (unpaired) electrons. The molecule has 2 heteroatoms. The molecule has 1 aromatic carbocycles. The summed E-state index contributed by atoms with van der Waals surface area (Å²) in [4.78, 5) is 0. The molecule has 0 aliphatic heterocycles. The van der Waals surface area contributed by atoms with Crippen LogP contribution < -0.4 is 5.73 Å². The summed E-state index contributed by atoms with van der Waals surface area (Å²) in [5.41, 5.74) is 9.43. The second kappa shape index (κ2) is 5.23. The van der Waals surface area contributed by atoms with Crippen molar-refractivity contribution in [3.63, 3.8) is 0 Å². The maximum atomic E-state index is 5.90. The van der Waals surface area contributed by atoms with E-state index in [9.17, 15) is 0 Å². The largest absolute Gasteiger partial charge is 0.324 e. The van der Waals surface area contributed by atoms with Crippen LogP contribution in [0.15, 0.2) is 36.4 Å². The summed E-state index contributed by atoms with van der Waals surface area (Å²) in [7, 11) is 0. The second-order valence-corrected chi connectivity index (χ2v) is 3.95. The molecule has 1 nitrogen and oxygen atoms in total. The van der Waals surface area contributed by atoms with Gasteiger partial charge in [0, 0.05) is 11.8 Å². The van der Waals surface area contributed by atoms with Crippen LogP contribution in [0.25, 0.3) is 0 Å². The van der Waals surface area contributed by atoms with E-state index in [-0.39, 0.29) is 6.04 Å². The Hall–Kier alpha value is -0.730. The minimum absolute atomic E-state index is 0.0665. The minimum atomic E-state index is 0.0665. The lowest BCUT2D eigenvalue weighted by Gasteiger charge is -2.11. The van der Waals surface area contributed by atoms with Gasteiger partial charge in [0.05, 0.1) is 0 Å². The van der Waals surface area contributed by atoms with Gasteiger partial charge in [-0.25, -0.2) is 0 Å². The summed E-state index contributed by atoms with van der Waals surface area (Å²) in [6.45, 7) is 5.81. The quantitative estimate of drug-likeness (QED) is 0.576. The third-order valence-electron chi connectivity index (χ3n) is 2.29. The fourth-order valence-electron chi connectivity index (χ4n) is 1.21. The predicted octanol–water partition coefficient (Wildman–Crippen LogP) is 2.56. The van der Waals surface area contributed by atoms with Gasteiger partial charge >= 0.3 is 0 Å². The first-order valence-electron chi connectivity index (χ1n) is 4.73. The maximum Gasteiger partial charge on any atom is 0.0289 e. The van der Waals surface area contributed by atoms with Crippen molar-refractivity contribution in [1.29, 1.82) is 0 Å². The molecule has 1 rings (SSSR count). The first kappa shape index (κ1) is 11.3. The van der Waals surface area contributed by atoms with Gasteiger partial charge in [0.25, 0.3) is 0 Å². The number of hydrogen-bond donors (Lipinski definition) is 2. The summed E-state index contributed by atoms with van der Waals surface area (Å²) in [5, 5.41) is 0. The monoisotopic (exact) mass is 207 g/mol. The van der Waals surface area contributed by atoms with Gasteiger partial charge in [-0.05, 0) is 24.5 Å². The Balaban J connectivity index is 2.64. The highest BCUT2D eigenvalue weighted by atomic mass is 32.1. The molecule has 0 saturated heterocycles. The Morgan fingerprint density at radius 1 is 1.36 bits per heavy atom. The number of thiol groups is 1. The Kier molecular flexibility index (Phi) is 4.23. The molecule has 0 aliphatic rings. The van der Waals surface area contributed by atoms with Crippen molar-refractivity contribution in [2.45, 2.75) is 25.1 Å². The van der Waals surface area contributed by atoms with Gasteiger partial charge in [-0.15, -0.1) is 0 Å². The lowest BCUT2D eigenvalue weighted by molar-refractivity contribution is 0.766. The fraction of sp³-hybridized carbons (Fsp3) is 0.333. The Morgan fingerprint density at radius 2 is 1.86 bits per heavy atom. The topological polar surface area (TPSA) is 26.0 Å². The van der Waals surface area contributed by atoms with E-state index in [0.29, 0.717) is 0 Å². The molecule has 0 aliphatic carbocycles. The lowest BCUT2D eigenvalue weighted by Crippen LogP contribution is -2.23. The first-order chi connectivity index (χ1) is 6.63. The van der Waals surface area contributed by atoms with Gasteiger partial charge in [-0.1, -0.05) is 36.4 Å². The molecule has 0 spiro atoms. The van der Waals surface area contributed by atoms with Crippen molar-refractivity contribution in [1.82, 2.24) is 0 Å². The van der Waals surface area contributed by atoms with Gasteiger partial charge in [0.15, 0.2) is 0 Å². The number of hydrogen-bond acceptors (Lipinski definition) is 2. The molecule has 1 aromatic rings. The summed E-state index contributed by atoms with van der Waals surface area (Å²) in [6, 6.07) is 8.46. The highest BCUT2D eigenvalue weighted by molar-refractivity contribution is 7.79. The van der Waals surface area contributed by atoms with E-state index >= 15 is 0 Å². The predicted molar refractivity (Wildman–Crippen MR) is 65.6 cm³/mol. The van der Waals surface area contributed by atoms with Crippen LogP contribution >= 0.6 is 12.6 Å². The highest BCUT2D eigenvalue weighted by Gasteiger charge is 2.03. The molecule has 1 unspecified atom stereocenters. The van der Waals surface area contributed by atoms with Gasteiger partial charge in [0.1, 0.15) is 0 Å². The van der Waals surface area contributed by atoms with E-state index in [4.69, 9.17) is 5.73 Å². The summed E-state index contributed by atoms with van der Waals surface area (Å²) in [6.07, 6.45) is 0.863. The lowest BCUT2D eigenvalue weighted by atomic mass is 10.0. The highest BCUT2D eigenvalue weighted by Crippen LogP contribution is 2.10. The maximum absolute atomic E-state index is 5.90. The van der Waals surface area contributed by atoms with Crippen LogP contribution in [0.3, 0.4) is 0 Å². The minimum Gasteiger partial charge on any atom is -0.324 e. The van der Waals surface area contributed by atoms with Gasteiger partial charge < -0.3 is 5.73 Å². The van der Waals surface area contributed by atoms with Crippen molar-refractivity contribution >= 4 is 12.6 Å². The SMILES string of the molecule is C=C(C)C(N)Cc1ccc(CS)cc1. The van der Waals surface area contributed by atoms with E-state index in [0.717, 1.165) is 17.7 Å². The Labute approximate surface area is 91.4 Å². The van der Waals surface area contributed by atoms with Crippen LogP contribution in [0.4, 0.5) is 0 Å². The normalized spacial score (nSPS) is 12.5. The second-order valence-electron chi connectivity index (χ2n) is 3.63. The van der Waals surface area contributed by atoms with Crippen LogP contribution in [0.5, 0.6) is 0 Å². The van der Waals surface area contributed by atoms with E-state index in [1.165, 1.54) is 11.1 Å². The van der Waals surface area contributed by atoms with Crippen molar-refractivity contribution in [2.24, 2.45) is 5.73 Å². The van der Waals surface area contributed by atoms with Crippen LogP contribution in [-0.2, 0) is 12.2 Å². The van der Waals surface area contributed by atoms with Gasteiger partial charge in [0.2, 0.25) is 0 Å². The average molecular weight is 207 g/mol. The molecule has 0 fully saturated rings. The molecule has 0 saturated carbocycles. The first-order valence-corrected chi connectivity index (χ1v) is 5.36. The average Bonchev–Trinajstić information content (AvgIpc) is 2.19. The van der Waals surface area contributed by atoms with Gasteiger partial charge in [-0.2, -0.15) is 12.6 Å². The van der Waals surface area contributed by atoms with E-state index in [2.05, 4.69) is 43.5 Å². The van der Waals surface area contributed by atoms with Crippen LogP contribution in [0.1, 0.15) is 18.1 Å². The fourth-order valence-corrected chi connectivity index (χ4v) is 1.42. The molecule has 0 aromatic heterocycles. The van der Waals surface area contributed by atoms with Crippen molar-refractivity contribution in [3.8, 4) is 0 Å². The third kappa shape index (κ3) is 3.20. The van der Waals surface area contributed by atoms with Crippen molar-refractivity contribution < 1.29 is 0 Å². The zero-order valence-corrected chi connectivity index (χ0v) is 9.43. The molecule has 2 N–H and O–H groups in total. The zero-order chi connectivity index (χ0) is 10.6. The van der Waals surface area contributed by atoms with E-state index in [1.54, 1.807) is 0 Å². The Morgan fingerprint density at radius 3 is 2.29 bits per heavy atom. The summed E-state index contributed by atoms with van der Waals surface area (Å²) >= 11 is 4.21. The van der Waals surface area contributed by atoms with Crippen LogP contribution in [0.2, 0.25) is 0 Å². The van der Waals surface area contributed by atoms with Crippen molar-refractivity contribution in [2.75, 3.05) is 0 Å². The number of nitrogens with two attached hydrogens (primary N) is 1. The van der Waals surface area contributed by atoms with Crippen LogP contribution in [-0.4, -0.2) is 6.04 Å². The summed E-state index contributed by atoms with van der Waals surface area (Å²) < 4.78 is 0. The number of rotatable bonds is 4. The van der Waals surface area contributed by atoms with E-state index < -0.39 is 0 Å². The molecule has 0 bridgehead atoms. The van der Waals surface area contributed by atoms with Crippen LogP contribution in [0, 0.1) is 0 Å². The molecule has 14 heavy (non-hydrogen) atoms. The van der Waals surface area contributed by atoms with Gasteiger partial charge in [-0.3, -0.25) is 0 Å². The molecule has 1 atom stereocenters. The molecular formula is C12H17NS. The summed E-state index contributed by atoms with van der Waals surface area (Å²) in [5.74, 6) is 0.785. The Bertz CT molecular complexity index is 303. The van der Waals surface area contributed by atoms with E-state index in [1.807, 2.05) is 6.92 Å². The third-order valence-corrected chi connectivity index (χ3v) is 2.66. The van der Waals surface area contributed by atoms with Crippen molar-refractivity contribution in [3.05, 3.63) is 47.5 Å².